The van der Waals surface area contributed by atoms with Crippen LogP contribution < -0.4 is 10.3 Å². The number of aromatic nitrogens is 1. The molecule has 0 radical (unpaired) electrons. The summed E-state index contributed by atoms with van der Waals surface area (Å²) in [6.45, 7) is 2.19. The Morgan fingerprint density at radius 3 is 2.59 bits per heavy atom. The molecule has 0 bridgehead atoms. The highest BCUT2D eigenvalue weighted by atomic mass is 16.5. The molecule has 1 unspecified atom stereocenters. The fourth-order valence-corrected chi connectivity index (χ4v) is 2.89. The van der Waals surface area contributed by atoms with Crippen LogP contribution in [0.4, 0.5) is 0 Å². The molecule has 1 N–H and O–H groups in total. The number of benzene rings is 1. The first-order valence-corrected chi connectivity index (χ1v) is 8.52. The van der Waals surface area contributed by atoms with Gasteiger partial charge in [0, 0.05) is 37.3 Å². The predicted octanol–water partition coefficient (Wildman–Crippen LogP) is 2.62. The van der Waals surface area contributed by atoms with E-state index >= 15 is 0 Å². The lowest BCUT2D eigenvalue weighted by Crippen LogP contribution is -2.30. The van der Waals surface area contributed by atoms with Crippen molar-refractivity contribution in [3.8, 4) is 22.9 Å². The van der Waals surface area contributed by atoms with E-state index in [0.717, 1.165) is 16.6 Å². The van der Waals surface area contributed by atoms with Gasteiger partial charge < -0.3 is 14.6 Å². The largest absolute Gasteiger partial charge is 0.495 e. The Bertz CT molecular complexity index is 927. The lowest BCUT2D eigenvalue weighted by molar-refractivity contribution is -0.141. The van der Waals surface area contributed by atoms with Crippen molar-refractivity contribution in [2.75, 3.05) is 20.8 Å². The van der Waals surface area contributed by atoms with Crippen molar-refractivity contribution in [2.24, 2.45) is 0 Å². The molecular weight excluding hydrogens is 348 g/mol. The molecule has 27 heavy (non-hydrogen) atoms. The van der Waals surface area contributed by atoms with Gasteiger partial charge in [0.05, 0.1) is 24.9 Å². The van der Waals surface area contributed by atoms with E-state index in [9.17, 15) is 20.0 Å². The number of aliphatic carboxylic acids is 1. The van der Waals surface area contributed by atoms with Crippen LogP contribution in [0.25, 0.3) is 11.1 Å². The summed E-state index contributed by atoms with van der Waals surface area (Å²) in [5.74, 6) is -0.808. The summed E-state index contributed by atoms with van der Waals surface area (Å²) in [5.41, 5.74) is 1.99. The van der Waals surface area contributed by atoms with Crippen molar-refractivity contribution in [2.45, 2.75) is 25.8 Å². The highest BCUT2D eigenvalue weighted by Crippen LogP contribution is 2.32. The van der Waals surface area contributed by atoms with Crippen LogP contribution in [0.5, 0.6) is 5.75 Å². The molecule has 0 saturated carbocycles. The van der Waals surface area contributed by atoms with Crippen LogP contribution in [0, 0.1) is 11.3 Å². The Morgan fingerprint density at radius 2 is 2.04 bits per heavy atom. The fourth-order valence-electron chi connectivity index (χ4n) is 2.89. The van der Waals surface area contributed by atoms with Crippen molar-refractivity contribution in [1.82, 2.24) is 4.57 Å². The standard InChI is InChI=1S/C20H22N2O5/c1-4-13-5-6-14(11-21)15(9-13)16-10-19(23)22(12-18(16)27-3)17(20(24)25)7-8-26-2/h5-6,9-10,12,17H,4,7-8H2,1-3H3,(H,24,25). The molecule has 0 saturated heterocycles. The molecule has 1 heterocycles. The Labute approximate surface area is 157 Å². The minimum absolute atomic E-state index is 0.142. The van der Waals surface area contributed by atoms with Crippen molar-refractivity contribution in [1.29, 1.82) is 5.26 Å². The molecule has 7 heteroatoms. The zero-order valence-corrected chi connectivity index (χ0v) is 15.6. The van der Waals surface area contributed by atoms with Gasteiger partial charge in [0.15, 0.2) is 0 Å². The summed E-state index contributed by atoms with van der Waals surface area (Å²) in [5, 5.41) is 18.9. The number of pyridine rings is 1. The smallest absolute Gasteiger partial charge is 0.326 e. The third-order valence-electron chi connectivity index (χ3n) is 4.38. The summed E-state index contributed by atoms with van der Waals surface area (Å²) >= 11 is 0. The summed E-state index contributed by atoms with van der Waals surface area (Å²) < 4.78 is 11.5. The highest BCUT2D eigenvalue weighted by molar-refractivity contribution is 5.76. The van der Waals surface area contributed by atoms with E-state index in [0.29, 0.717) is 22.4 Å². The van der Waals surface area contributed by atoms with E-state index in [4.69, 9.17) is 9.47 Å². The Hall–Kier alpha value is -3.11. The molecule has 1 aromatic heterocycles. The molecule has 0 aliphatic carbocycles. The topological polar surface area (TPSA) is 102 Å². The second-order valence-electron chi connectivity index (χ2n) is 5.98. The van der Waals surface area contributed by atoms with Gasteiger partial charge in [-0.1, -0.05) is 13.0 Å². The highest BCUT2D eigenvalue weighted by Gasteiger charge is 2.23. The fraction of sp³-hybridized carbons (Fsp3) is 0.350. The van der Waals surface area contributed by atoms with Crippen molar-refractivity contribution >= 4 is 5.97 Å². The maximum absolute atomic E-state index is 12.7. The third-order valence-corrected chi connectivity index (χ3v) is 4.38. The lowest BCUT2D eigenvalue weighted by Gasteiger charge is -2.18. The van der Waals surface area contributed by atoms with Crippen LogP contribution in [0.3, 0.4) is 0 Å². The van der Waals surface area contributed by atoms with Crippen molar-refractivity contribution in [3.05, 3.63) is 51.9 Å². The summed E-state index contributed by atoms with van der Waals surface area (Å²) in [4.78, 5) is 24.3. The van der Waals surface area contributed by atoms with Gasteiger partial charge in [0.1, 0.15) is 11.8 Å². The molecule has 0 aliphatic heterocycles. The first-order chi connectivity index (χ1) is 13.0. The maximum Gasteiger partial charge on any atom is 0.326 e. The average Bonchev–Trinajstić information content (AvgIpc) is 2.68. The summed E-state index contributed by atoms with van der Waals surface area (Å²) in [6.07, 6.45) is 2.30. The number of rotatable bonds is 8. The van der Waals surface area contributed by atoms with Crippen LogP contribution in [0.15, 0.2) is 35.3 Å². The van der Waals surface area contributed by atoms with Crippen LogP contribution in [-0.2, 0) is 16.0 Å². The minimum Gasteiger partial charge on any atom is -0.495 e. The molecule has 0 aliphatic rings. The SMILES string of the molecule is CCc1ccc(C#N)c(-c2cc(=O)n(C(CCOC)C(=O)O)cc2OC)c1. The molecule has 0 fully saturated rings. The minimum atomic E-state index is -1.13. The number of ether oxygens (including phenoxy) is 2. The van der Waals surface area contributed by atoms with Gasteiger partial charge in [-0.3, -0.25) is 9.36 Å². The number of carboxylic acids is 1. The van der Waals surface area contributed by atoms with Crippen molar-refractivity contribution in [3.63, 3.8) is 0 Å². The van der Waals surface area contributed by atoms with E-state index in [2.05, 4.69) is 6.07 Å². The van der Waals surface area contributed by atoms with Gasteiger partial charge in [-0.2, -0.15) is 5.26 Å². The Kier molecular flexibility index (Phi) is 6.74. The first kappa shape index (κ1) is 20.2. The molecule has 1 aromatic carbocycles. The quantitative estimate of drug-likeness (QED) is 0.766. The van der Waals surface area contributed by atoms with E-state index < -0.39 is 17.6 Å². The zero-order chi connectivity index (χ0) is 20.0. The number of carboxylic acid groups (broad SMARTS) is 1. The summed E-state index contributed by atoms with van der Waals surface area (Å²) in [7, 11) is 2.91. The molecule has 2 rings (SSSR count). The van der Waals surface area contributed by atoms with E-state index in [1.807, 2.05) is 19.1 Å². The van der Waals surface area contributed by atoms with Gasteiger partial charge in [-0.05, 0) is 24.1 Å². The van der Waals surface area contributed by atoms with Gasteiger partial charge in [0.2, 0.25) is 0 Å². The van der Waals surface area contributed by atoms with Crippen LogP contribution in [-0.4, -0.2) is 36.5 Å². The number of aryl methyl sites for hydroxylation is 1. The van der Waals surface area contributed by atoms with Gasteiger partial charge >= 0.3 is 5.97 Å². The molecule has 1 atom stereocenters. The summed E-state index contributed by atoms with van der Waals surface area (Å²) in [6, 6.07) is 7.79. The lowest BCUT2D eigenvalue weighted by atomic mass is 9.97. The second kappa shape index (κ2) is 9.01. The third kappa shape index (κ3) is 4.36. The van der Waals surface area contributed by atoms with Gasteiger partial charge in [-0.15, -0.1) is 0 Å². The Balaban J connectivity index is 2.65. The number of carbonyl (C=O) groups is 1. The predicted molar refractivity (Wildman–Crippen MR) is 99.9 cm³/mol. The van der Waals surface area contributed by atoms with Gasteiger partial charge in [0.25, 0.3) is 5.56 Å². The molecule has 7 nitrogen and oxygen atoms in total. The van der Waals surface area contributed by atoms with E-state index in [1.54, 1.807) is 6.07 Å². The molecule has 0 amide bonds. The van der Waals surface area contributed by atoms with Crippen LogP contribution in [0.1, 0.15) is 30.5 Å². The van der Waals surface area contributed by atoms with Crippen LogP contribution in [0.2, 0.25) is 0 Å². The maximum atomic E-state index is 12.7. The van der Waals surface area contributed by atoms with E-state index in [-0.39, 0.29) is 13.0 Å². The molecular formula is C20H22N2O5. The van der Waals surface area contributed by atoms with Crippen molar-refractivity contribution < 1.29 is 19.4 Å². The average molecular weight is 370 g/mol. The first-order valence-electron chi connectivity index (χ1n) is 8.52. The number of methoxy groups -OCH3 is 2. The monoisotopic (exact) mass is 370 g/mol. The molecule has 142 valence electrons. The Morgan fingerprint density at radius 1 is 1.30 bits per heavy atom. The van der Waals surface area contributed by atoms with E-state index in [1.165, 1.54) is 26.5 Å². The number of hydrogen-bond donors (Lipinski definition) is 1. The normalized spacial score (nSPS) is 11.6. The van der Waals surface area contributed by atoms with Gasteiger partial charge in [-0.25, -0.2) is 4.79 Å². The zero-order valence-electron chi connectivity index (χ0n) is 15.6. The van der Waals surface area contributed by atoms with Crippen LogP contribution >= 0.6 is 0 Å². The number of nitriles is 1. The second-order valence-corrected chi connectivity index (χ2v) is 5.98. The number of nitrogens with zero attached hydrogens (tertiary/aromatic N) is 2. The molecule has 2 aromatic rings. The molecule has 0 spiro atoms. The number of hydrogen-bond acceptors (Lipinski definition) is 5.